The number of fused-ring (bicyclic) bond motifs is 1. The molecule has 2 aliphatic rings. The average molecular weight is 432 g/mol. The number of aromatic nitrogens is 1. The van der Waals surface area contributed by atoms with Crippen molar-refractivity contribution >= 4 is 46.4 Å². The molecule has 0 spiro atoms. The highest BCUT2D eigenvalue weighted by atomic mass is 35.5. The first-order valence-electron chi connectivity index (χ1n) is 9.86. The lowest BCUT2D eigenvalue weighted by Gasteiger charge is -2.40. The summed E-state index contributed by atoms with van der Waals surface area (Å²) in [4.78, 5) is 17.7. The van der Waals surface area contributed by atoms with Gasteiger partial charge in [-0.1, -0.05) is 42.7 Å². The molecule has 1 aliphatic carbocycles. The molecule has 2 heterocycles. The SMILES string of the molecule is Cl.Cl.O=c1sc2ccccc2n1CCCN1CCN(C2CCCCC2)CC1. The molecule has 2 aromatic rings. The fraction of sp³-hybridized carbons (Fsp3) is 0.650. The van der Waals surface area contributed by atoms with Crippen LogP contribution in [0.15, 0.2) is 29.1 Å². The first-order chi connectivity index (χ1) is 12.3. The van der Waals surface area contributed by atoms with Gasteiger partial charge in [0, 0.05) is 38.8 Å². The summed E-state index contributed by atoms with van der Waals surface area (Å²) in [5.74, 6) is 0. The minimum Gasteiger partial charge on any atom is -0.301 e. The molecule has 152 valence electrons. The van der Waals surface area contributed by atoms with Crippen LogP contribution < -0.4 is 4.87 Å². The second kappa shape index (κ2) is 10.8. The number of hydrogen-bond donors (Lipinski definition) is 0. The molecule has 0 radical (unpaired) electrons. The van der Waals surface area contributed by atoms with Gasteiger partial charge in [-0.25, -0.2) is 0 Å². The molecule has 0 N–H and O–H groups in total. The number of piperazine rings is 1. The van der Waals surface area contributed by atoms with E-state index in [9.17, 15) is 4.79 Å². The van der Waals surface area contributed by atoms with Crippen molar-refractivity contribution in [1.29, 1.82) is 0 Å². The Kier molecular flexibility index (Phi) is 9.09. The van der Waals surface area contributed by atoms with E-state index in [4.69, 9.17) is 0 Å². The number of benzene rings is 1. The maximum atomic E-state index is 12.2. The van der Waals surface area contributed by atoms with E-state index in [1.807, 2.05) is 22.8 Å². The van der Waals surface area contributed by atoms with E-state index in [0.717, 1.165) is 35.8 Å². The third kappa shape index (κ3) is 5.48. The van der Waals surface area contributed by atoms with Crippen LogP contribution in [0, 0.1) is 0 Å². The summed E-state index contributed by atoms with van der Waals surface area (Å²) >= 11 is 1.37. The molecule has 0 amide bonds. The van der Waals surface area contributed by atoms with E-state index >= 15 is 0 Å². The maximum Gasteiger partial charge on any atom is 0.308 e. The molecular formula is C20H31Cl2N3OS. The molecule has 7 heteroatoms. The minimum absolute atomic E-state index is 0. The van der Waals surface area contributed by atoms with Gasteiger partial charge in [-0.15, -0.1) is 24.8 Å². The number of nitrogens with zero attached hydrogens (tertiary/aromatic N) is 3. The van der Waals surface area contributed by atoms with Gasteiger partial charge in [-0.05, 0) is 37.9 Å². The van der Waals surface area contributed by atoms with Crippen LogP contribution in [0.4, 0.5) is 0 Å². The van der Waals surface area contributed by atoms with Crippen molar-refractivity contribution in [3.63, 3.8) is 0 Å². The molecule has 0 atom stereocenters. The smallest absolute Gasteiger partial charge is 0.301 e. The van der Waals surface area contributed by atoms with Gasteiger partial charge in [0.25, 0.3) is 0 Å². The molecule has 4 rings (SSSR count). The normalized spacial score (nSPS) is 19.6. The van der Waals surface area contributed by atoms with Crippen molar-refractivity contribution in [2.45, 2.75) is 51.1 Å². The topological polar surface area (TPSA) is 28.5 Å². The van der Waals surface area contributed by atoms with Gasteiger partial charge < -0.3 is 4.90 Å². The molecule has 1 aliphatic heterocycles. The molecule has 1 aromatic carbocycles. The Bertz CT molecular complexity index is 749. The number of halogens is 2. The Morgan fingerprint density at radius 3 is 2.37 bits per heavy atom. The van der Waals surface area contributed by atoms with Gasteiger partial charge in [0.15, 0.2) is 0 Å². The highest BCUT2D eigenvalue weighted by Crippen LogP contribution is 2.23. The summed E-state index contributed by atoms with van der Waals surface area (Å²) in [6, 6.07) is 8.99. The highest BCUT2D eigenvalue weighted by Gasteiger charge is 2.24. The Balaban J connectivity index is 0.00000131. The number of para-hydroxylation sites is 1. The fourth-order valence-corrected chi connectivity index (χ4v) is 5.39. The summed E-state index contributed by atoms with van der Waals surface area (Å²) in [5.41, 5.74) is 1.10. The van der Waals surface area contributed by atoms with Crippen molar-refractivity contribution < 1.29 is 0 Å². The molecular weight excluding hydrogens is 401 g/mol. The summed E-state index contributed by atoms with van der Waals surface area (Å²) in [7, 11) is 0. The number of aryl methyl sites for hydroxylation is 1. The van der Waals surface area contributed by atoms with Gasteiger partial charge in [0.2, 0.25) is 0 Å². The van der Waals surface area contributed by atoms with Gasteiger partial charge >= 0.3 is 4.87 Å². The zero-order chi connectivity index (χ0) is 17.1. The summed E-state index contributed by atoms with van der Waals surface area (Å²) in [6.45, 7) is 6.78. The summed E-state index contributed by atoms with van der Waals surface area (Å²) in [5, 5.41) is 0. The van der Waals surface area contributed by atoms with E-state index in [1.165, 1.54) is 69.6 Å². The molecule has 0 unspecified atom stereocenters. The van der Waals surface area contributed by atoms with Crippen LogP contribution in [0.5, 0.6) is 0 Å². The molecule has 4 nitrogen and oxygen atoms in total. The van der Waals surface area contributed by atoms with Crippen molar-refractivity contribution in [1.82, 2.24) is 14.4 Å². The predicted octanol–water partition coefficient (Wildman–Crippen LogP) is 4.25. The van der Waals surface area contributed by atoms with Crippen LogP contribution >= 0.6 is 36.2 Å². The molecule has 27 heavy (non-hydrogen) atoms. The van der Waals surface area contributed by atoms with Crippen LogP contribution in [-0.4, -0.2) is 53.1 Å². The summed E-state index contributed by atoms with van der Waals surface area (Å²) in [6.07, 6.45) is 8.17. The van der Waals surface area contributed by atoms with E-state index in [2.05, 4.69) is 15.9 Å². The summed E-state index contributed by atoms with van der Waals surface area (Å²) < 4.78 is 3.06. The number of rotatable bonds is 5. The van der Waals surface area contributed by atoms with E-state index < -0.39 is 0 Å². The fourth-order valence-electron chi connectivity index (χ4n) is 4.48. The standard InChI is InChI=1S/C20H29N3OS.2ClH/c24-20-23(18-9-4-5-10-19(18)25-20)12-6-11-21-13-15-22(16-14-21)17-7-2-1-3-8-17;;/h4-5,9-10,17H,1-3,6-8,11-16H2;2*1H. The molecule has 1 aromatic heterocycles. The molecule has 1 saturated carbocycles. The lowest BCUT2D eigenvalue weighted by atomic mass is 9.94. The van der Waals surface area contributed by atoms with Crippen LogP contribution in [0.25, 0.3) is 10.2 Å². The first kappa shape index (κ1) is 22.7. The third-order valence-electron chi connectivity index (χ3n) is 5.93. The maximum absolute atomic E-state index is 12.2. The Hall–Kier alpha value is -0.590. The average Bonchev–Trinajstić information content (AvgIpc) is 2.99. The van der Waals surface area contributed by atoms with Crippen molar-refractivity contribution in [2.24, 2.45) is 0 Å². The van der Waals surface area contributed by atoms with Crippen molar-refractivity contribution in [3.8, 4) is 0 Å². The van der Waals surface area contributed by atoms with E-state index in [0.29, 0.717) is 0 Å². The van der Waals surface area contributed by atoms with Crippen LogP contribution in [0.2, 0.25) is 0 Å². The zero-order valence-electron chi connectivity index (χ0n) is 15.8. The van der Waals surface area contributed by atoms with Crippen molar-refractivity contribution in [3.05, 3.63) is 33.9 Å². The Morgan fingerprint density at radius 2 is 1.63 bits per heavy atom. The largest absolute Gasteiger partial charge is 0.308 e. The van der Waals surface area contributed by atoms with Gasteiger partial charge in [0.1, 0.15) is 0 Å². The van der Waals surface area contributed by atoms with Gasteiger partial charge in [0.05, 0.1) is 10.2 Å². The Labute approximate surface area is 178 Å². The zero-order valence-corrected chi connectivity index (χ0v) is 18.3. The quantitative estimate of drug-likeness (QED) is 0.708. The highest BCUT2D eigenvalue weighted by molar-refractivity contribution is 7.16. The van der Waals surface area contributed by atoms with Crippen LogP contribution in [0.3, 0.4) is 0 Å². The van der Waals surface area contributed by atoms with Crippen LogP contribution in [0.1, 0.15) is 38.5 Å². The molecule has 2 fully saturated rings. The number of hydrogen-bond acceptors (Lipinski definition) is 4. The molecule has 1 saturated heterocycles. The van der Waals surface area contributed by atoms with E-state index in [-0.39, 0.29) is 29.7 Å². The lowest BCUT2D eigenvalue weighted by molar-refractivity contribution is 0.0779. The monoisotopic (exact) mass is 431 g/mol. The third-order valence-corrected chi connectivity index (χ3v) is 6.89. The predicted molar refractivity (Wildman–Crippen MR) is 120 cm³/mol. The lowest BCUT2D eigenvalue weighted by Crippen LogP contribution is -2.50. The first-order valence-corrected chi connectivity index (χ1v) is 10.7. The second-order valence-corrected chi connectivity index (χ2v) is 8.50. The van der Waals surface area contributed by atoms with Crippen LogP contribution in [-0.2, 0) is 6.54 Å². The minimum atomic E-state index is 0. The second-order valence-electron chi connectivity index (χ2n) is 7.51. The number of thiazole rings is 1. The van der Waals surface area contributed by atoms with Crippen molar-refractivity contribution in [2.75, 3.05) is 32.7 Å². The van der Waals surface area contributed by atoms with E-state index in [1.54, 1.807) is 0 Å². The Morgan fingerprint density at radius 1 is 0.926 bits per heavy atom. The van der Waals surface area contributed by atoms with Gasteiger partial charge in [-0.2, -0.15) is 0 Å². The molecule has 0 bridgehead atoms. The van der Waals surface area contributed by atoms with Gasteiger partial charge in [-0.3, -0.25) is 14.3 Å².